The monoisotopic (exact) mass is 477 g/mol. The van der Waals surface area contributed by atoms with Gasteiger partial charge in [-0.05, 0) is 31.2 Å². The number of hydrogen-bond acceptors (Lipinski definition) is 7. The topological polar surface area (TPSA) is 64.1 Å². The molecule has 1 atom stereocenters. The lowest BCUT2D eigenvalue weighted by Gasteiger charge is -2.32. The van der Waals surface area contributed by atoms with E-state index in [2.05, 4.69) is 4.98 Å². The number of rotatable bonds is 6. The fourth-order valence-corrected chi connectivity index (χ4v) is 4.49. The van der Waals surface area contributed by atoms with Gasteiger partial charge in [-0.1, -0.05) is 6.92 Å². The molecular weight excluding hydrogens is 451 g/mol. The molecule has 182 valence electrons. The quantitative estimate of drug-likeness (QED) is 0.460. The van der Waals surface area contributed by atoms with E-state index in [-0.39, 0.29) is 54.1 Å². The molecule has 2 aromatic rings. The van der Waals surface area contributed by atoms with Crippen LogP contribution in [0.3, 0.4) is 0 Å². The number of ether oxygens (including phenoxy) is 3. The van der Waals surface area contributed by atoms with Crippen molar-refractivity contribution in [2.45, 2.75) is 19.6 Å². The highest BCUT2D eigenvalue weighted by molar-refractivity contribution is 5.98. The molecule has 2 aliphatic rings. The number of benzene rings is 1. The van der Waals surface area contributed by atoms with Crippen molar-refractivity contribution in [1.82, 2.24) is 4.98 Å². The first kappa shape index (κ1) is 24.0. The highest BCUT2D eigenvalue weighted by Gasteiger charge is 2.46. The van der Waals surface area contributed by atoms with Crippen molar-refractivity contribution < 1.29 is 32.2 Å². The van der Waals surface area contributed by atoms with Crippen molar-refractivity contribution in [1.29, 1.82) is 0 Å². The summed E-state index contributed by atoms with van der Waals surface area (Å²) in [4.78, 5) is 20.1. The van der Waals surface area contributed by atoms with E-state index in [1.165, 1.54) is 37.3 Å². The summed E-state index contributed by atoms with van der Waals surface area (Å²) in [5.74, 6) is -3.54. The van der Waals surface area contributed by atoms with Crippen LogP contribution in [0.5, 0.6) is 0 Å². The molecule has 3 heterocycles. The number of fused-ring (bicyclic) bond motifs is 1. The molecule has 2 aliphatic heterocycles. The molecule has 34 heavy (non-hydrogen) atoms. The van der Waals surface area contributed by atoms with Crippen LogP contribution in [0.25, 0.3) is 6.08 Å². The molecule has 1 fully saturated rings. The second kappa shape index (κ2) is 9.27. The third-order valence-corrected chi connectivity index (χ3v) is 6.26. The van der Waals surface area contributed by atoms with Crippen molar-refractivity contribution in [3.8, 4) is 0 Å². The number of halogens is 3. The molecule has 1 aromatic heterocycles. The first-order valence-corrected chi connectivity index (χ1v) is 10.9. The Bertz CT molecular complexity index is 1140. The molecule has 0 bridgehead atoms. The van der Waals surface area contributed by atoms with Gasteiger partial charge < -0.3 is 24.0 Å². The van der Waals surface area contributed by atoms with Gasteiger partial charge >= 0.3 is 5.97 Å². The van der Waals surface area contributed by atoms with Crippen LogP contribution in [0, 0.1) is 23.4 Å². The van der Waals surface area contributed by atoms with Gasteiger partial charge in [-0.15, -0.1) is 0 Å². The summed E-state index contributed by atoms with van der Waals surface area (Å²) in [6, 6.07) is 4.36. The molecule has 1 unspecified atom stereocenters. The molecule has 0 N–H and O–H groups in total. The average Bonchev–Trinajstić information content (AvgIpc) is 3.14. The number of pyridine rings is 1. The Labute approximate surface area is 195 Å². The number of methoxy groups -OCH3 is 2. The minimum atomic E-state index is -0.927. The largest absolute Gasteiger partial charge is 0.463 e. The Morgan fingerprint density at radius 2 is 1.88 bits per heavy atom. The first-order chi connectivity index (χ1) is 16.2. The summed E-state index contributed by atoms with van der Waals surface area (Å²) >= 11 is 0. The Morgan fingerprint density at radius 3 is 2.50 bits per heavy atom. The highest BCUT2D eigenvalue weighted by Crippen LogP contribution is 2.40. The predicted octanol–water partition coefficient (Wildman–Crippen LogP) is 4.04. The lowest BCUT2D eigenvalue weighted by molar-refractivity contribution is -0.213. The van der Waals surface area contributed by atoms with Gasteiger partial charge in [0.1, 0.15) is 17.5 Å². The van der Waals surface area contributed by atoms with Gasteiger partial charge in [0, 0.05) is 38.3 Å². The number of carbonyl (C=O) groups is 1. The Balaban J connectivity index is 1.82. The maximum atomic E-state index is 15.3. The van der Waals surface area contributed by atoms with E-state index in [1.54, 1.807) is 11.8 Å². The zero-order valence-corrected chi connectivity index (χ0v) is 19.4. The maximum Gasteiger partial charge on any atom is 0.335 e. The van der Waals surface area contributed by atoms with Crippen LogP contribution in [0.15, 0.2) is 29.8 Å². The summed E-state index contributed by atoms with van der Waals surface area (Å²) in [7, 11) is 3.06. The van der Waals surface area contributed by atoms with Gasteiger partial charge in [0.25, 0.3) is 0 Å². The minimum Gasteiger partial charge on any atom is -0.463 e. The standard InChI is InChI=1S/C24H26F3N3O4/c1-5-34-23(31)16-8-15-9-19(27)22(29-11-14(2)24(13-29,32-3)33-4)28-21(15)30(12-16)20-7-6-17(25)10-18(20)26/h6-10,14H,5,11-13H2,1-4H3. The lowest BCUT2D eigenvalue weighted by atomic mass is 10.0. The normalized spacial score (nSPS) is 19.1. The van der Waals surface area contributed by atoms with E-state index in [0.29, 0.717) is 6.54 Å². The predicted molar refractivity (Wildman–Crippen MR) is 120 cm³/mol. The van der Waals surface area contributed by atoms with Crippen LogP contribution in [0.4, 0.5) is 30.5 Å². The molecule has 0 spiro atoms. The van der Waals surface area contributed by atoms with E-state index < -0.39 is 29.2 Å². The summed E-state index contributed by atoms with van der Waals surface area (Å²) < 4.78 is 59.9. The van der Waals surface area contributed by atoms with Gasteiger partial charge in [0.15, 0.2) is 17.4 Å². The molecule has 0 radical (unpaired) electrons. The van der Waals surface area contributed by atoms with Crippen molar-refractivity contribution in [2.75, 3.05) is 50.3 Å². The molecule has 10 heteroatoms. The van der Waals surface area contributed by atoms with Gasteiger partial charge in [-0.2, -0.15) is 0 Å². The molecular formula is C24H26F3N3O4. The third kappa shape index (κ3) is 4.12. The van der Waals surface area contributed by atoms with Gasteiger partial charge in [0.2, 0.25) is 0 Å². The van der Waals surface area contributed by atoms with Crippen molar-refractivity contribution >= 4 is 29.4 Å². The van der Waals surface area contributed by atoms with Crippen molar-refractivity contribution in [2.24, 2.45) is 5.92 Å². The summed E-state index contributed by atoms with van der Waals surface area (Å²) in [6.07, 6.45) is 1.48. The number of nitrogens with zero attached hydrogens (tertiary/aromatic N) is 3. The number of aromatic nitrogens is 1. The summed E-state index contributed by atoms with van der Waals surface area (Å²) in [5, 5.41) is 0. The van der Waals surface area contributed by atoms with Crippen LogP contribution < -0.4 is 9.80 Å². The fourth-order valence-electron chi connectivity index (χ4n) is 4.49. The second-order valence-corrected chi connectivity index (χ2v) is 8.28. The molecule has 7 nitrogen and oxygen atoms in total. The molecule has 0 saturated carbocycles. The van der Waals surface area contributed by atoms with Crippen molar-refractivity contribution in [3.05, 3.63) is 52.9 Å². The molecule has 0 amide bonds. The molecule has 1 saturated heterocycles. The second-order valence-electron chi connectivity index (χ2n) is 8.28. The summed E-state index contributed by atoms with van der Waals surface area (Å²) in [5.41, 5.74) is 0.469. The van der Waals surface area contributed by atoms with E-state index in [4.69, 9.17) is 14.2 Å². The summed E-state index contributed by atoms with van der Waals surface area (Å²) in [6.45, 7) is 4.31. The van der Waals surface area contributed by atoms with E-state index in [1.807, 2.05) is 6.92 Å². The molecule has 1 aromatic carbocycles. The zero-order valence-electron chi connectivity index (χ0n) is 19.4. The van der Waals surface area contributed by atoms with E-state index in [9.17, 15) is 13.6 Å². The molecule has 0 aliphatic carbocycles. The van der Waals surface area contributed by atoms with Crippen LogP contribution in [-0.2, 0) is 19.0 Å². The van der Waals surface area contributed by atoms with Crippen molar-refractivity contribution in [3.63, 3.8) is 0 Å². The Morgan fingerprint density at radius 1 is 1.15 bits per heavy atom. The van der Waals surface area contributed by atoms with Crippen LogP contribution in [-0.4, -0.2) is 57.2 Å². The zero-order chi connectivity index (χ0) is 24.6. The molecule has 4 rings (SSSR count). The SMILES string of the molecule is CCOC(=O)C1=Cc2cc(F)c(N3CC(C)C(OC)(OC)C3)nc2N(c2ccc(F)cc2F)C1. The Kier molecular flexibility index (Phi) is 6.55. The Hall–Kier alpha value is -3.11. The highest BCUT2D eigenvalue weighted by atomic mass is 19.1. The smallest absolute Gasteiger partial charge is 0.335 e. The van der Waals surface area contributed by atoms with Crippen LogP contribution in [0.2, 0.25) is 0 Å². The first-order valence-electron chi connectivity index (χ1n) is 10.9. The number of carbonyl (C=O) groups excluding carboxylic acids is 1. The number of hydrogen-bond donors (Lipinski definition) is 0. The average molecular weight is 477 g/mol. The van der Waals surface area contributed by atoms with Gasteiger partial charge in [-0.25, -0.2) is 22.9 Å². The fraction of sp³-hybridized carbons (Fsp3) is 0.417. The van der Waals surface area contributed by atoms with E-state index in [0.717, 1.165) is 12.1 Å². The van der Waals surface area contributed by atoms with Crippen LogP contribution in [0.1, 0.15) is 19.4 Å². The number of esters is 1. The maximum absolute atomic E-state index is 15.3. The van der Waals surface area contributed by atoms with E-state index >= 15 is 4.39 Å². The minimum absolute atomic E-state index is 0.000487. The third-order valence-electron chi connectivity index (χ3n) is 6.26. The van der Waals surface area contributed by atoms with Gasteiger partial charge in [0.05, 0.1) is 31.0 Å². The van der Waals surface area contributed by atoms with Gasteiger partial charge in [-0.3, -0.25) is 0 Å². The number of anilines is 3. The lowest BCUT2D eigenvalue weighted by Crippen LogP contribution is -2.41. The van der Waals surface area contributed by atoms with Crippen LogP contribution >= 0.6 is 0 Å².